The van der Waals surface area contributed by atoms with E-state index in [1.54, 1.807) is 33.9 Å². The molecule has 0 amide bonds. The van der Waals surface area contributed by atoms with Crippen molar-refractivity contribution in [2.45, 2.75) is 62.7 Å². The second-order valence-corrected chi connectivity index (χ2v) is 21.3. The molecule has 0 spiro atoms. The Bertz CT molecular complexity index is 2260. The number of halogens is 4. The fourth-order valence-corrected chi connectivity index (χ4v) is 11.6. The minimum atomic E-state index is -1.25. The van der Waals surface area contributed by atoms with Gasteiger partial charge in [-0.1, -0.05) is 74.1 Å². The molecule has 0 radical (unpaired) electrons. The highest BCUT2D eigenvalue weighted by molar-refractivity contribution is 8.76. The van der Waals surface area contributed by atoms with E-state index in [4.69, 9.17) is 65.4 Å². The number of pyridine rings is 2. The van der Waals surface area contributed by atoms with Crippen LogP contribution in [0, 0.1) is 10.8 Å². The second kappa shape index (κ2) is 17.4. The Morgan fingerprint density at radius 2 is 1.15 bits per heavy atom. The average molecular weight is 971 g/mol. The lowest BCUT2D eigenvalue weighted by Gasteiger charge is -2.43. The minimum absolute atomic E-state index is 0.178. The summed E-state index contributed by atoms with van der Waals surface area (Å²) >= 11 is 29.5. The summed E-state index contributed by atoms with van der Waals surface area (Å²) in [5.41, 5.74) is 1.02. The zero-order valence-electron chi connectivity index (χ0n) is 33.3. The smallest absolute Gasteiger partial charge is 0.226 e. The standard InChI is InChI=1S/C38H40Cl4N10O4S4/c1-35(2)17-53-37(54-18-35,25-13-58-32(29(25)41)50(6)28-10-8-24(40)12-44-28)15-51-33(45-21-47-51)59-60-34-46-22-48-52(34)16-38(55-19-36(3,4)20-56-38)31-30(42)26(14-57-31)49(5)27-9-7-23(39)11-43-27/h7-14,21-22H,15-20H2,1-6H3. The van der Waals surface area contributed by atoms with Gasteiger partial charge in [-0.25, -0.2) is 29.3 Å². The normalized spacial score (nSPS) is 18.1. The molecule has 8 heterocycles. The summed E-state index contributed by atoms with van der Waals surface area (Å²) in [6.45, 7) is 10.5. The highest BCUT2D eigenvalue weighted by Crippen LogP contribution is 2.50. The second-order valence-electron chi connectivity index (χ2n) is 15.9. The molecule has 2 saturated heterocycles. The number of hydrogen-bond donors (Lipinski definition) is 0. The summed E-state index contributed by atoms with van der Waals surface area (Å²) in [5, 5.41) is 17.2. The fourth-order valence-electron chi connectivity index (χ4n) is 6.36. The summed E-state index contributed by atoms with van der Waals surface area (Å²) in [6.07, 6.45) is 6.21. The quantitative estimate of drug-likeness (QED) is 0.102. The fraction of sp³-hybridized carbons (Fsp3) is 0.421. The molecular weight excluding hydrogens is 931 g/mol. The molecule has 0 aromatic carbocycles. The molecule has 0 bridgehead atoms. The first-order valence-electron chi connectivity index (χ1n) is 18.5. The van der Waals surface area contributed by atoms with Crippen LogP contribution in [0.2, 0.25) is 20.1 Å². The molecule has 318 valence electrons. The first-order valence-corrected chi connectivity index (χ1v) is 23.9. The van der Waals surface area contributed by atoms with E-state index in [-0.39, 0.29) is 23.9 Å². The maximum absolute atomic E-state index is 7.18. The van der Waals surface area contributed by atoms with Crippen LogP contribution in [0.4, 0.5) is 22.3 Å². The van der Waals surface area contributed by atoms with Crippen molar-refractivity contribution in [3.05, 3.63) is 90.6 Å². The Hall–Kier alpha value is -2.72. The van der Waals surface area contributed by atoms with Crippen molar-refractivity contribution in [3.63, 3.8) is 0 Å². The molecule has 2 aliphatic rings. The average Bonchev–Trinajstić information content (AvgIpc) is 4.04. The van der Waals surface area contributed by atoms with Crippen LogP contribution in [0.25, 0.3) is 0 Å². The van der Waals surface area contributed by atoms with Gasteiger partial charge in [-0.2, -0.15) is 10.2 Å². The Morgan fingerprint density at radius 3 is 1.67 bits per heavy atom. The van der Waals surface area contributed by atoms with E-state index in [1.807, 2.05) is 46.8 Å². The first kappa shape index (κ1) is 43.9. The van der Waals surface area contributed by atoms with Crippen LogP contribution in [-0.4, -0.2) is 80.0 Å². The molecule has 0 saturated carbocycles. The Morgan fingerprint density at radius 1 is 0.650 bits per heavy atom. The number of rotatable bonds is 13. The van der Waals surface area contributed by atoms with Crippen molar-refractivity contribution in [1.29, 1.82) is 0 Å². The lowest BCUT2D eigenvalue weighted by molar-refractivity contribution is -0.315. The Balaban J connectivity index is 1.03. The monoisotopic (exact) mass is 968 g/mol. The van der Waals surface area contributed by atoms with Crippen molar-refractivity contribution in [2.24, 2.45) is 10.8 Å². The van der Waals surface area contributed by atoms with Crippen LogP contribution >= 0.6 is 90.7 Å². The van der Waals surface area contributed by atoms with Gasteiger partial charge in [0.1, 0.15) is 42.4 Å². The molecule has 60 heavy (non-hydrogen) atoms. The predicted molar refractivity (Wildman–Crippen MR) is 240 cm³/mol. The van der Waals surface area contributed by atoms with E-state index in [0.717, 1.165) is 10.7 Å². The number of anilines is 4. The molecule has 0 aliphatic carbocycles. The van der Waals surface area contributed by atoms with E-state index >= 15 is 0 Å². The molecule has 22 heteroatoms. The molecule has 2 aliphatic heterocycles. The van der Waals surface area contributed by atoms with Gasteiger partial charge in [-0.3, -0.25) is 0 Å². The number of ether oxygens (including phenoxy) is 4. The first-order chi connectivity index (χ1) is 28.6. The lowest BCUT2D eigenvalue weighted by Crippen LogP contribution is -2.48. The van der Waals surface area contributed by atoms with Crippen molar-refractivity contribution in [2.75, 3.05) is 50.3 Å². The summed E-state index contributed by atoms with van der Waals surface area (Å²) in [4.78, 5) is 22.7. The molecule has 0 N–H and O–H groups in total. The van der Waals surface area contributed by atoms with Crippen LogP contribution in [0.1, 0.15) is 38.1 Å². The molecule has 0 atom stereocenters. The summed E-state index contributed by atoms with van der Waals surface area (Å²) in [6, 6.07) is 7.25. The molecule has 0 unspecified atom stereocenters. The largest absolute Gasteiger partial charge is 0.344 e. The molecule has 6 aromatic heterocycles. The van der Waals surface area contributed by atoms with Gasteiger partial charge >= 0.3 is 0 Å². The molecule has 2 fully saturated rings. The molecular formula is C38H40Cl4N10O4S4. The van der Waals surface area contributed by atoms with Crippen molar-refractivity contribution < 1.29 is 18.9 Å². The van der Waals surface area contributed by atoms with Gasteiger partial charge in [0.15, 0.2) is 10.3 Å². The van der Waals surface area contributed by atoms with Crippen molar-refractivity contribution >= 4 is 113 Å². The van der Waals surface area contributed by atoms with Gasteiger partial charge in [-0.15, -0.1) is 22.7 Å². The number of thiophene rings is 2. The van der Waals surface area contributed by atoms with Crippen LogP contribution < -0.4 is 9.80 Å². The Labute approximate surface area is 383 Å². The van der Waals surface area contributed by atoms with E-state index in [9.17, 15) is 0 Å². The summed E-state index contributed by atoms with van der Waals surface area (Å²) in [5.74, 6) is -1.13. The Kier molecular flexibility index (Phi) is 12.8. The van der Waals surface area contributed by atoms with Gasteiger partial charge in [0.05, 0.1) is 57.1 Å². The number of aromatic nitrogens is 8. The zero-order chi connectivity index (χ0) is 42.5. The zero-order valence-corrected chi connectivity index (χ0v) is 39.6. The van der Waals surface area contributed by atoms with E-state index in [0.29, 0.717) is 78.9 Å². The highest BCUT2D eigenvalue weighted by Gasteiger charge is 2.48. The van der Waals surface area contributed by atoms with E-state index in [1.165, 1.54) is 56.9 Å². The number of hydrogen-bond acceptors (Lipinski definition) is 16. The number of nitrogens with zero attached hydrogens (tertiary/aromatic N) is 10. The maximum atomic E-state index is 7.18. The van der Waals surface area contributed by atoms with Gasteiger partial charge in [-0.05, 0) is 45.9 Å². The van der Waals surface area contributed by atoms with Crippen LogP contribution in [0.5, 0.6) is 0 Å². The third kappa shape index (κ3) is 9.03. The van der Waals surface area contributed by atoms with Gasteiger partial charge in [0.2, 0.25) is 11.6 Å². The highest BCUT2D eigenvalue weighted by atomic mass is 35.5. The minimum Gasteiger partial charge on any atom is -0.344 e. The van der Waals surface area contributed by atoms with Gasteiger partial charge in [0.25, 0.3) is 0 Å². The summed E-state index contributed by atoms with van der Waals surface area (Å²) in [7, 11) is 6.55. The van der Waals surface area contributed by atoms with E-state index < -0.39 is 11.6 Å². The van der Waals surface area contributed by atoms with Crippen molar-refractivity contribution in [3.8, 4) is 0 Å². The third-order valence-corrected chi connectivity index (χ3v) is 15.6. The van der Waals surface area contributed by atoms with Crippen LogP contribution in [-0.2, 0) is 43.6 Å². The maximum Gasteiger partial charge on any atom is 0.226 e. The van der Waals surface area contributed by atoms with Gasteiger partial charge in [0, 0.05) is 53.6 Å². The lowest BCUT2D eigenvalue weighted by atomic mass is 9.93. The third-order valence-electron chi connectivity index (χ3n) is 9.81. The topological polar surface area (TPSA) is 131 Å². The molecule has 14 nitrogen and oxygen atoms in total. The van der Waals surface area contributed by atoms with Gasteiger partial charge < -0.3 is 28.7 Å². The van der Waals surface area contributed by atoms with E-state index in [2.05, 4.69) is 57.8 Å². The van der Waals surface area contributed by atoms with Crippen molar-refractivity contribution in [1.82, 2.24) is 39.5 Å². The van der Waals surface area contributed by atoms with Crippen LogP contribution in [0.15, 0.2) is 70.4 Å². The molecule has 8 rings (SSSR count). The summed E-state index contributed by atoms with van der Waals surface area (Å²) < 4.78 is 30.1. The SMILES string of the molecule is CN(c1ccc(Cl)cn1)c1csc(C2(Cn3ncnc3SSc3ncnn3CC3(c4csc(N(C)c5ccc(Cl)cn5)c4Cl)OCC(C)(C)CO3)OCC(C)(C)CO2)c1Cl. The van der Waals surface area contributed by atoms with Crippen LogP contribution in [0.3, 0.4) is 0 Å². The molecule has 6 aromatic rings. The predicted octanol–water partition coefficient (Wildman–Crippen LogP) is 10.6.